The van der Waals surface area contributed by atoms with Gasteiger partial charge in [-0.1, -0.05) is 36.4 Å². The van der Waals surface area contributed by atoms with Crippen LogP contribution in [0.2, 0.25) is 0 Å². The van der Waals surface area contributed by atoms with Crippen LogP contribution in [0, 0.1) is 24.0 Å². The maximum Gasteiger partial charge on any atom is 0.373 e. The van der Waals surface area contributed by atoms with E-state index in [0.29, 0.717) is 24.7 Å². The van der Waals surface area contributed by atoms with Crippen LogP contribution in [0.4, 0.5) is 11.5 Å². The number of nitro groups is 1. The second-order valence-electron chi connectivity index (χ2n) is 7.71. The van der Waals surface area contributed by atoms with Crippen molar-refractivity contribution in [3.8, 4) is 11.6 Å². The number of anilines is 1. The Labute approximate surface area is 181 Å². The average molecular weight is 419 g/mol. The molecule has 1 aliphatic rings. The number of aryl methyl sites for hydroxylation is 2. The zero-order valence-electron chi connectivity index (χ0n) is 17.7. The monoisotopic (exact) mass is 419 g/mol. The third-order valence-corrected chi connectivity index (χ3v) is 5.57. The Morgan fingerprint density at radius 1 is 1.00 bits per heavy atom. The summed E-state index contributed by atoms with van der Waals surface area (Å²) in [7, 11) is 0. The lowest BCUT2D eigenvalue weighted by molar-refractivity contribution is -0.385. The van der Waals surface area contributed by atoms with Crippen LogP contribution in [-0.4, -0.2) is 46.0 Å². The summed E-state index contributed by atoms with van der Waals surface area (Å²) in [5.41, 5.74) is 3.23. The first kappa shape index (κ1) is 20.7. The number of piperazine rings is 1. The Morgan fingerprint density at radius 2 is 1.74 bits per heavy atom. The molecular formula is C23H25N5O3. The lowest BCUT2D eigenvalue weighted by atomic mass is 10.1. The van der Waals surface area contributed by atoms with Crippen LogP contribution in [0.15, 0.2) is 54.9 Å². The fourth-order valence-electron chi connectivity index (χ4n) is 3.67. The van der Waals surface area contributed by atoms with Crippen LogP contribution in [0.3, 0.4) is 0 Å². The normalized spacial score (nSPS) is 14.5. The van der Waals surface area contributed by atoms with E-state index in [-0.39, 0.29) is 11.6 Å². The molecule has 4 rings (SSSR count). The zero-order valence-corrected chi connectivity index (χ0v) is 17.7. The highest BCUT2D eigenvalue weighted by Gasteiger charge is 2.30. The Bertz CT molecular complexity index is 1070. The molecule has 1 aliphatic heterocycles. The molecule has 0 atom stereocenters. The number of rotatable bonds is 6. The maximum absolute atomic E-state index is 11.9. The first-order chi connectivity index (χ1) is 15.0. The van der Waals surface area contributed by atoms with Gasteiger partial charge in [0.25, 0.3) is 0 Å². The van der Waals surface area contributed by atoms with E-state index < -0.39 is 4.92 Å². The molecule has 1 fully saturated rings. The van der Waals surface area contributed by atoms with E-state index in [1.807, 2.05) is 49.1 Å². The van der Waals surface area contributed by atoms with Crippen molar-refractivity contribution >= 4 is 11.5 Å². The zero-order chi connectivity index (χ0) is 21.8. The molecule has 0 N–H and O–H groups in total. The van der Waals surface area contributed by atoms with Gasteiger partial charge < -0.3 is 9.64 Å². The first-order valence-electron chi connectivity index (χ1n) is 10.3. The summed E-state index contributed by atoms with van der Waals surface area (Å²) < 4.78 is 5.81. The van der Waals surface area contributed by atoms with Crippen LogP contribution in [-0.2, 0) is 6.54 Å². The van der Waals surface area contributed by atoms with Crippen molar-refractivity contribution in [3.05, 3.63) is 81.7 Å². The van der Waals surface area contributed by atoms with Gasteiger partial charge in [0.2, 0.25) is 5.82 Å². The molecule has 0 unspecified atom stereocenters. The van der Waals surface area contributed by atoms with Crippen molar-refractivity contribution in [2.75, 3.05) is 31.1 Å². The van der Waals surface area contributed by atoms with Gasteiger partial charge >= 0.3 is 11.6 Å². The number of nitrogens with zero attached hydrogens (tertiary/aromatic N) is 5. The molecule has 0 aliphatic carbocycles. The highest BCUT2D eigenvalue weighted by atomic mass is 16.6. The summed E-state index contributed by atoms with van der Waals surface area (Å²) >= 11 is 0. The first-order valence-corrected chi connectivity index (χ1v) is 10.3. The molecule has 0 radical (unpaired) electrons. The van der Waals surface area contributed by atoms with Crippen LogP contribution in [0.25, 0.3) is 0 Å². The van der Waals surface area contributed by atoms with Crippen LogP contribution < -0.4 is 9.64 Å². The Balaban J connectivity index is 1.51. The van der Waals surface area contributed by atoms with Gasteiger partial charge in [-0.2, -0.15) is 4.98 Å². The molecule has 8 nitrogen and oxygen atoms in total. The molecule has 1 saturated heterocycles. The average Bonchev–Trinajstić information content (AvgIpc) is 2.77. The Hall–Kier alpha value is -3.52. The molecule has 0 spiro atoms. The Morgan fingerprint density at radius 3 is 2.42 bits per heavy atom. The van der Waals surface area contributed by atoms with E-state index in [2.05, 4.69) is 27.0 Å². The van der Waals surface area contributed by atoms with Crippen molar-refractivity contribution in [2.45, 2.75) is 20.4 Å². The van der Waals surface area contributed by atoms with Crippen molar-refractivity contribution in [1.29, 1.82) is 0 Å². The minimum absolute atomic E-state index is 0.0371. The summed E-state index contributed by atoms with van der Waals surface area (Å²) in [5.74, 6) is 0.784. The smallest absolute Gasteiger partial charge is 0.373 e. The number of benzene rings is 2. The second kappa shape index (κ2) is 9.09. The fraction of sp³-hybridized carbons (Fsp3) is 0.304. The van der Waals surface area contributed by atoms with Gasteiger partial charge in [0, 0.05) is 32.7 Å². The topological polar surface area (TPSA) is 84.6 Å². The minimum atomic E-state index is -0.456. The Kier molecular flexibility index (Phi) is 6.08. The number of hydrogen-bond acceptors (Lipinski definition) is 7. The lowest BCUT2D eigenvalue weighted by Gasteiger charge is -2.35. The second-order valence-corrected chi connectivity index (χ2v) is 7.71. The van der Waals surface area contributed by atoms with Crippen LogP contribution in [0.5, 0.6) is 11.6 Å². The van der Waals surface area contributed by atoms with E-state index in [1.54, 1.807) is 6.07 Å². The standard InChI is InChI=1S/C23H25N5O3/c1-17-8-9-20(14-18(17)2)31-23-21(28(29)30)22(24-16-25-23)27-12-10-26(11-13-27)15-19-6-4-3-5-7-19/h3-9,14,16H,10-13,15H2,1-2H3. The number of hydrogen-bond donors (Lipinski definition) is 0. The molecule has 0 amide bonds. The van der Waals surface area contributed by atoms with E-state index in [4.69, 9.17) is 4.74 Å². The molecule has 31 heavy (non-hydrogen) atoms. The summed E-state index contributed by atoms with van der Waals surface area (Å²) in [6, 6.07) is 15.9. The van der Waals surface area contributed by atoms with E-state index in [9.17, 15) is 10.1 Å². The lowest BCUT2D eigenvalue weighted by Crippen LogP contribution is -2.46. The fourth-order valence-corrected chi connectivity index (χ4v) is 3.67. The maximum atomic E-state index is 11.9. The van der Waals surface area contributed by atoms with Crippen LogP contribution >= 0.6 is 0 Å². The van der Waals surface area contributed by atoms with Gasteiger partial charge in [0.05, 0.1) is 4.92 Å². The minimum Gasteiger partial charge on any atom is -0.434 e. The largest absolute Gasteiger partial charge is 0.434 e. The SMILES string of the molecule is Cc1ccc(Oc2ncnc(N3CCN(Cc4ccccc4)CC3)c2[N+](=O)[O-])cc1C. The van der Waals surface area contributed by atoms with Crippen LogP contribution in [0.1, 0.15) is 16.7 Å². The van der Waals surface area contributed by atoms with E-state index in [0.717, 1.165) is 30.8 Å². The van der Waals surface area contributed by atoms with E-state index in [1.165, 1.54) is 11.9 Å². The van der Waals surface area contributed by atoms with Crippen molar-refractivity contribution in [2.24, 2.45) is 0 Å². The van der Waals surface area contributed by atoms with Gasteiger partial charge in [-0.25, -0.2) is 4.98 Å². The summed E-state index contributed by atoms with van der Waals surface area (Å²) in [6.45, 7) is 7.72. The van der Waals surface area contributed by atoms with Gasteiger partial charge in [0.1, 0.15) is 12.1 Å². The molecular weight excluding hydrogens is 394 g/mol. The van der Waals surface area contributed by atoms with Crippen molar-refractivity contribution in [1.82, 2.24) is 14.9 Å². The summed E-state index contributed by atoms with van der Waals surface area (Å²) in [6.07, 6.45) is 1.33. The van der Waals surface area contributed by atoms with Gasteiger partial charge in [-0.3, -0.25) is 15.0 Å². The van der Waals surface area contributed by atoms with Crippen molar-refractivity contribution < 1.29 is 9.66 Å². The molecule has 0 saturated carbocycles. The van der Waals surface area contributed by atoms with Crippen molar-refractivity contribution in [3.63, 3.8) is 0 Å². The molecule has 2 aromatic carbocycles. The molecule has 1 aromatic heterocycles. The predicted octanol–water partition coefficient (Wildman–Crippen LogP) is 4.12. The third-order valence-electron chi connectivity index (χ3n) is 5.57. The number of aromatic nitrogens is 2. The van der Waals surface area contributed by atoms with E-state index >= 15 is 0 Å². The highest BCUT2D eigenvalue weighted by molar-refractivity contribution is 5.63. The van der Waals surface area contributed by atoms with Gasteiger partial charge in [-0.15, -0.1) is 0 Å². The quantitative estimate of drug-likeness (QED) is 0.439. The highest BCUT2D eigenvalue weighted by Crippen LogP contribution is 2.36. The summed E-state index contributed by atoms with van der Waals surface area (Å²) in [4.78, 5) is 24.0. The third kappa shape index (κ3) is 4.80. The molecule has 2 heterocycles. The van der Waals surface area contributed by atoms with Gasteiger partial charge in [-0.05, 0) is 42.7 Å². The predicted molar refractivity (Wildman–Crippen MR) is 119 cm³/mol. The summed E-state index contributed by atoms with van der Waals surface area (Å²) in [5, 5.41) is 11.9. The van der Waals surface area contributed by atoms with Gasteiger partial charge in [0.15, 0.2) is 0 Å². The molecule has 3 aromatic rings. The molecule has 160 valence electrons. The molecule has 8 heteroatoms. The number of ether oxygens (including phenoxy) is 1. The molecule has 0 bridgehead atoms.